The maximum Gasteiger partial charge on any atom is 0.342 e. The van der Waals surface area contributed by atoms with Gasteiger partial charge in [0.15, 0.2) is 0 Å². The predicted molar refractivity (Wildman–Crippen MR) is 47.4 cm³/mol. The maximum absolute atomic E-state index is 13.2. The molecule has 0 fully saturated rings. The van der Waals surface area contributed by atoms with Crippen molar-refractivity contribution >= 4 is 18.1 Å². The van der Waals surface area contributed by atoms with Crippen LogP contribution in [-0.4, -0.2) is 19.5 Å². The predicted octanol–water partition coefficient (Wildman–Crippen LogP) is 1.32. The van der Waals surface area contributed by atoms with E-state index in [0.717, 1.165) is 13.2 Å². The van der Waals surface area contributed by atoms with Crippen LogP contribution in [0.3, 0.4) is 0 Å². The first-order valence-electron chi connectivity index (χ1n) is 3.87. The SMILES string of the molecule is COC(=O)c1c(F)cc(F)cc1NC=O. The summed E-state index contributed by atoms with van der Waals surface area (Å²) in [6.45, 7) is 0. The second kappa shape index (κ2) is 4.50. The molecule has 15 heavy (non-hydrogen) atoms. The highest BCUT2D eigenvalue weighted by Crippen LogP contribution is 2.21. The lowest BCUT2D eigenvalue weighted by molar-refractivity contribution is -0.105. The highest BCUT2D eigenvalue weighted by Gasteiger charge is 2.18. The lowest BCUT2D eigenvalue weighted by Crippen LogP contribution is -2.10. The van der Waals surface area contributed by atoms with E-state index in [1.165, 1.54) is 0 Å². The molecular weight excluding hydrogens is 208 g/mol. The van der Waals surface area contributed by atoms with Gasteiger partial charge in [-0.05, 0) is 6.07 Å². The van der Waals surface area contributed by atoms with E-state index in [-0.39, 0.29) is 12.1 Å². The van der Waals surface area contributed by atoms with Crippen molar-refractivity contribution in [1.82, 2.24) is 0 Å². The van der Waals surface area contributed by atoms with Crippen LogP contribution >= 0.6 is 0 Å². The summed E-state index contributed by atoms with van der Waals surface area (Å²) in [7, 11) is 1.05. The second-order valence-electron chi connectivity index (χ2n) is 2.56. The lowest BCUT2D eigenvalue weighted by atomic mass is 10.1. The standard InChI is InChI=1S/C9H7F2NO3/c1-15-9(14)8-6(11)2-5(10)3-7(8)12-4-13/h2-4H,1H3,(H,12,13). The number of carbonyl (C=O) groups excluding carboxylic acids is 2. The normalized spacial score (nSPS) is 9.53. The molecule has 0 aliphatic heterocycles. The van der Waals surface area contributed by atoms with E-state index in [4.69, 9.17) is 0 Å². The van der Waals surface area contributed by atoms with Gasteiger partial charge in [0.1, 0.15) is 17.2 Å². The number of hydrogen-bond acceptors (Lipinski definition) is 3. The van der Waals surface area contributed by atoms with Gasteiger partial charge in [0.05, 0.1) is 12.8 Å². The molecule has 0 aliphatic rings. The van der Waals surface area contributed by atoms with E-state index in [1.54, 1.807) is 0 Å². The first kappa shape index (κ1) is 11.1. The number of ether oxygens (including phenoxy) is 1. The van der Waals surface area contributed by atoms with Crippen LogP contribution in [0.5, 0.6) is 0 Å². The smallest absolute Gasteiger partial charge is 0.342 e. The quantitative estimate of drug-likeness (QED) is 0.611. The van der Waals surface area contributed by atoms with Gasteiger partial charge < -0.3 is 10.1 Å². The fourth-order valence-corrected chi connectivity index (χ4v) is 1.06. The van der Waals surface area contributed by atoms with Gasteiger partial charge in [0.25, 0.3) is 0 Å². The van der Waals surface area contributed by atoms with Crippen LogP contribution in [0, 0.1) is 11.6 Å². The van der Waals surface area contributed by atoms with Gasteiger partial charge in [-0.2, -0.15) is 0 Å². The molecule has 1 rings (SSSR count). The zero-order valence-corrected chi connectivity index (χ0v) is 7.71. The van der Waals surface area contributed by atoms with Crippen LogP contribution in [0.4, 0.5) is 14.5 Å². The molecule has 0 atom stereocenters. The molecule has 6 heteroatoms. The van der Waals surface area contributed by atoms with Crippen molar-refractivity contribution in [2.75, 3.05) is 12.4 Å². The Morgan fingerprint density at radius 2 is 2.13 bits per heavy atom. The molecule has 0 heterocycles. The van der Waals surface area contributed by atoms with Crippen molar-refractivity contribution < 1.29 is 23.1 Å². The number of anilines is 1. The fraction of sp³-hybridized carbons (Fsp3) is 0.111. The van der Waals surface area contributed by atoms with Crippen LogP contribution < -0.4 is 5.32 Å². The van der Waals surface area contributed by atoms with E-state index < -0.39 is 23.2 Å². The fourth-order valence-electron chi connectivity index (χ4n) is 1.06. The van der Waals surface area contributed by atoms with E-state index in [1.807, 2.05) is 5.32 Å². The van der Waals surface area contributed by atoms with Gasteiger partial charge >= 0.3 is 5.97 Å². The molecule has 1 amide bonds. The molecule has 1 aromatic carbocycles. The van der Waals surface area contributed by atoms with Crippen molar-refractivity contribution in [2.45, 2.75) is 0 Å². The number of nitrogens with one attached hydrogen (secondary N) is 1. The average Bonchev–Trinajstić information content (AvgIpc) is 2.16. The molecule has 4 nitrogen and oxygen atoms in total. The Labute approximate surface area is 83.8 Å². The Hall–Kier alpha value is -1.98. The molecule has 0 radical (unpaired) electrons. The Balaban J connectivity index is 3.32. The topological polar surface area (TPSA) is 55.4 Å². The molecule has 80 valence electrons. The van der Waals surface area contributed by atoms with Gasteiger partial charge in [-0.1, -0.05) is 0 Å². The van der Waals surface area contributed by atoms with Gasteiger partial charge in [0.2, 0.25) is 6.41 Å². The number of hydrogen-bond donors (Lipinski definition) is 1. The Kier molecular flexibility index (Phi) is 3.33. The van der Waals surface area contributed by atoms with Crippen LogP contribution in [0.15, 0.2) is 12.1 Å². The van der Waals surface area contributed by atoms with Crippen molar-refractivity contribution in [3.63, 3.8) is 0 Å². The van der Waals surface area contributed by atoms with Gasteiger partial charge in [-0.3, -0.25) is 4.79 Å². The second-order valence-corrected chi connectivity index (χ2v) is 2.56. The monoisotopic (exact) mass is 215 g/mol. The summed E-state index contributed by atoms with van der Waals surface area (Å²) in [5.74, 6) is -2.98. The van der Waals surface area contributed by atoms with Gasteiger partial charge in [-0.15, -0.1) is 0 Å². The van der Waals surface area contributed by atoms with Crippen molar-refractivity contribution in [2.24, 2.45) is 0 Å². The van der Waals surface area contributed by atoms with E-state index in [2.05, 4.69) is 4.74 Å². The number of halogens is 2. The molecule has 0 aliphatic carbocycles. The Bertz CT molecular complexity index is 407. The third-order valence-corrected chi connectivity index (χ3v) is 1.66. The molecule has 0 saturated carbocycles. The summed E-state index contributed by atoms with van der Waals surface area (Å²) in [6.07, 6.45) is 0.209. The summed E-state index contributed by atoms with van der Waals surface area (Å²) < 4.78 is 30.2. The summed E-state index contributed by atoms with van der Waals surface area (Å²) in [5.41, 5.74) is -0.777. The van der Waals surface area contributed by atoms with Crippen molar-refractivity contribution in [1.29, 1.82) is 0 Å². The molecule has 0 spiro atoms. The Morgan fingerprint density at radius 3 is 2.67 bits per heavy atom. The first-order chi connectivity index (χ1) is 7.10. The van der Waals surface area contributed by atoms with Gasteiger partial charge in [0, 0.05) is 6.07 Å². The van der Waals surface area contributed by atoms with Crippen LogP contribution in [-0.2, 0) is 9.53 Å². The van der Waals surface area contributed by atoms with E-state index >= 15 is 0 Å². The van der Waals surface area contributed by atoms with Crippen molar-refractivity contribution in [3.05, 3.63) is 29.3 Å². The third-order valence-electron chi connectivity index (χ3n) is 1.66. The minimum atomic E-state index is -1.09. The molecule has 1 aromatic rings. The van der Waals surface area contributed by atoms with Crippen LogP contribution in [0.2, 0.25) is 0 Å². The zero-order valence-electron chi connectivity index (χ0n) is 7.71. The highest BCUT2D eigenvalue weighted by atomic mass is 19.1. The molecule has 0 saturated heterocycles. The van der Waals surface area contributed by atoms with Crippen LogP contribution in [0.1, 0.15) is 10.4 Å². The minimum absolute atomic E-state index is 0.209. The third kappa shape index (κ3) is 2.28. The number of benzene rings is 1. The summed E-state index contributed by atoms with van der Waals surface area (Å²) >= 11 is 0. The lowest BCUT2D eigenvalue weighted by Gasteiger charge is -2.07. The Morgan fingerprint density at radius 1 is 1.47 bits per heavy atom. The summed E-state index contributed by atoms with van der Waals surface area (Å²) in [6, 6.07) is 1.35. The molecule has 1 N–H and O–H groups in total. The number of amides is 1. The highest BCUT2D eigenvalue weighted by molar-refractivity contribution is 5.97. The zero-order chi connectivity index (χ0) is 11.4. The number of rotatable bonds is 3. The number of methoxy groups -OCH3 is 1. The molecule has 0 aromatic heterocycles. The molecule has 0 bridgehead atoms. The largest absolute Gasteiger partial charge is 0.465 e. The first-order valence-corrected chi connectivity index (χ1v) is 3.87. The maximum atomic E-state index is 13.2. The average molecular weight is 215 g/mol. The van der Waals surface area contributed by atoms with Gasteiger partial charge in [-0.25, -0.2) is 13.6 Å². The minimum Gasteiger partial charge on any atom is -0.465 e. The molecule has 0 unspecified atom stereocenters. The van der Waals surface area contributed by atoms with Crippen molar-refractivity contribution in [3.8, 4) is 0 Å². The van der Waals surface area contributed by atoms with Crippen LogP contribution in [0.25, 0.3) is 0 Å². The molecular formula is C9H7F2NO3. The summed E-state index contributed by atoms with van der Waals surface area (Å²) in [5, 5.41) is 2.01. The number of esters is 1. The summed E-state index contributed by atoms with van der Waals surface area (Å²) in [4.78, 5) is 21.3. The van der Waals surface area contributed by atoms with E-state index in [0.29, 0.717) is 6.07 Å². The number of carbonyl (C=O) groups is 2. The van der Waals surface area contributed by atoms with E-state index in [9.17, 15) is 18.4 Å².